The van der Waals surface area contributed by atoms with Crippen molar-refractivity contribution in [2.24, 2.45) is 0 Å². The topological polar surface area (TPSA) is 29.5 Å². The van der Waals surface area contributed by atoms with E-state index in [9.17, 15) is 5.11 Å². The van der Waals surface area contributed by atoms with Gasteiger partial charge in [-0.15, -0.1) is 11.3 Å². The van der Waals surface area contributed by atoms with Gasteiger partial charge in [0.05, 0.1) is 7.11 Å². The molecular formula is C18H18O2S. The van der Waals surface area contributed by atoms with Crippen molar-refractivity contribution < 1.29 is 9.84 Å². The number of aliphatic hydroxyl groups excluding tert-OH is 1. The Balaban J connectivity index is 2.11. The van der Waals surface area contributed by atoms with Gasteiger partial charge in [-0.25, -0.2) is 0 Å². The van der Waals surface area contributed by atoms with Crippen LogP contribution in [0.25, 0.3) is 10.8 Å². The van der Waals surface area contributed by atoms with E-state index in [-0.39, 0.29) is 0 Å². The Morgan fingerprint density at radius 2 is 1.81 bits per heavy atom. The standard InChI is InChI=1S/C18H18O2S/c1-3-12-8-11-17(21-12)18(19)15-9-10-16(20-2)14-7-5-4-6-13(14)15/h4-11,18-19H,3H2,1-2H3. The molecule has 0 amide bonds. The lowest BCUT2D eigenvalue weighted by molar-refractivity contribution is 0.225. The van der Waals surface area contributed by atoms with Crippen LogP contribution in [0.1, 0.15) is 28.3 Å². The Morgan fingerprint density at radius 3 is 2.48 bits per heavy atom. The summed E-state index contributed by atoms with van der Waals surface area (Å²) >= 11 is 1.67. The van der Waals surface area contributed by atoms with E-state index in [1.54, 1.807) is 18.4 Å². The minimum atomic E-state index is -0.592. The molecule has 0 spiro atoms. The fraction of sp³-hybridized carbons (Fsp3) is 0.222. The molecule has 108 valence electrons. The van der Waals surface area contributed by atoms with E-state index < -0.39 is 6.10 Å². The number of ether oxygens (including phenoxy) is 1. The van der Waals surface area contributed by atoms with E-state index in [1.165, 1.54) is 4.88 Å². The van der Waals surface area contributed by atoms with Gasteiger partial charge in [0.1, 0.15) is 11.9 Å². The Kier molecular flexibility index (Phi) is 3.95. The molecule has 1 N–H and O–H groups in total. The highest BCUT2D eigenvalue weighted by Crippen LogP contribution is 2.36. The SMILES string of the molecule is CCc1ccc(C(O)c2ccc(OC)c3ccccc23)s1. The molecule has 0 bridgehead atoms. The summed E-state index contributed by atoms with van der Waals surface area (Å²) in [6.45, 7) is 2.13. The predicted octanol–water partition coefficient (Wildman–Crippen LogP) is 4.55. The summed E-state index contributed by atoms with van der Waals surface area (Å²) in [5.74, 6) is 0.835. The van der Waals surface area contributed by atoms with Crippen LogP contribution in [0.5, 0.6) is 5.75 Å². The molecule has 2 nitrogen and oxygen atoms in total. The third-order valence-electron chi connectivity index (χ3n) is 3.73. The van der Waals surface area contributed by atoms with Gasteiger partial charge in [-0.05, 0) is 35.6 Å². The lowest BCUT2D eigenvalue weighted by Crippen LogP contribution is -1.99. The quantitative estimate of drug-likeness (QED) is 0.765. The van der Waals surface area contributed by atoms with Crippen molar-refractivity contribution in [3.8, 4) is 5.75 Å². The second-order valence-electron chi connectivity index (χ2n) is 4.96. The molecule has 0 aliphatic heterocycles. The summed E-state index contributed by atoms with van der Waals surface area (Å²) in [4.78, 5) is 2.28. The predicted molar refractivity (Wildman–Crippen MR) is 88.3 cm³/mol. The second kappa shape index (κ2) is 5.88. The van der Waals surface area contributed by atoms with E-state index >= 15 is 0 Å². The molecule has 0 saturated heterocycles. The number of fused-ring (bicyclic) bond motifs is 1. The summed E-state index contributed by atoms with van der Waals surface area (Å²) < 4.78 is 5.41. The monoisotopic (exact) mass is 298 g/mol. The average molecular weight is 298 g/mol. The molecule has 1 heterocycles. The first-order chi connectivity index (χ1) is 10.2. The largest absolute Gasteiger partial charge is 0.496 e. The van der Waals surface area contributed by atoms with Gasteiger partial charge >= 0.3 is 0 Å². The normalized spacial score (nSPS) is 12.5. The van der Waals surface area contributed by atoms with Gasteiger partial charge in [-0.1, -0.05) is 37.3 Å². The Hall–Kier alpha value is -1.84. The number of benzene rings is 2. The lowest BCUT2D eigenvalue weighted by atomic mass is 9.99. The molecule has 2 aromatic carbocycles. The highest BCUT2D eigenvalue weighted by atomic mass is 32.1. The van der Waals surface area contributed by atoms with Crippen LogP contribution in [-0.4, -0.2) is 12.2 Å². The van der Waals surface area contributed by atoms with E-state index in [1.807, 2.05) is 42.5 Å². The minimum Gasteiger partial charge on any atom is -0.496 e. The zero-order valence-electron chi connectivity index (χ0n) is 12.2. The van der Waals surface area contributed by atoms with Crippen molar-refractivity contribution in [3.63, 3.8) is 0 Å². The van der Waals surface area contributed by atoms with Gasteiger partial charge in [0.15, 0.2) is 0 Å². The van der Waals surface area contributed by atoms with E-state index in [0.717, 1.165) is 33.4 Å². The summed E-state index contributed by atoms with van der Waals surface area (Å²) in [5, 5.41) is 12.8. The summed E-state index contributed by atoms with van der Waals surface area (Å²) in [6, 6.07) is 16.0. The number of methoxy groups -OCH3 is 1. The number of aliphatic hydroxyl groups is 1. The zero-order valence-corrected chi connectivity index (χ0v) is 13.0. The molecule has 0 fully saturated rings. The zero-order chi connectivity index (χ0) is 14.8. The number of hydrogen-bond acceptors (Lipinski definition) is 3. The summed E-state index contributed by atoms with van der Waals surface area (Å²) in [6.07, 6.45) is 0.409. The minimum absolute atomic E-state index is 0.592. The van der Waals surface area contributed by atoms with Gasteiger partial charge in [0, 0.05) is 15.1 Å². The molecule has 0 aliphatic carbocycles. The number of aryl methyl sites for hydroxylation is 1. The van der Waals surface area contributed by atoms with Crippen molar-refractivity contribution in [2.75, 3.05) is 7.11 Å². The maximum absolute atomic E-state index is 10.7. The van der Waals surface area contributed by atoms with Crippen LogP contribution >= 0.6 is 11.3 Å². The summed E-state index contributed by atoms with van der Waals surface area (Å²) in [7, 11) is 1.67. The molecule has 0 aliphatic rings. The molecule has 21 heavy (non-hydrogen) atoms. The van der Waals surface area contributed by atoms with Gasteiger partial charge in [-0.3, -0.25) is 0 Å². The van der Waals surface area contributed by atoms with Crippen LogP contribution in [0.15, 0.2) is 48.5 Å². The molecule has 3 heteroatoms. The van der Waals surface area contributed by atoms with Crippen molar-refractivity contribution in [3.05, 3.63) is 63.8 Å². The Bertz CT molecular complexity index is 761. The Morgan fingerprint density at radius 1 is 1.05 bits per heavy atom. The first kappa shape index (κ1) is 14.1. The Labute approximate surface area is 128 Å². The third kappa shape index (κ3) is 2.55. The average Bonchev–Trinajstić information content (AvgIpc) is 3.02. The van der Waals surface area contributed by atoms with Gasteiger partial charge in [-0.2, -0.15) is 0 Å². The fourth-order valence-electron chi connectivity index (χ4n) is 2.60. The maximum atomic E-state index is 10.7. The van der Waals surface area contributed by atoms with Crippen LogP contribution in [0.2, 0.25) is 0 Å². The second-order valence-corrected chi connectivity index (χ2v) is 6.16. The molecule has 1 atom stereocenters. The van der Waals surface area contributed by atoms with Gasteiger partial charge < -0.3 is 9.84 Å². The number of thiophene rings is 1. The summed E-state index contributed by atoms with van der Waals surface area (Å²) in [5.41, 5.74) is 0.927. The molecule has 0 saturated carbocycles. The van der Waals surface area contributed by atoms with Gasteiger partial charge in [0.2, 0.25) is 0 Å². The maximum Gasteiger partial charge on any atom is 0.126 e. The highest BCUT2D eigenvalue weighted by Gasteiger charge is 2.17. The van der Waals surface area contributed by atoms with Crippen LogP contribution in [0.4, 0.5) is 0 Å². The smallest absolute Gasteiger partial charge is 0.126 e. The lowest BCUT2D eigenvalue weighted by Gasteiger charge is -2.14. The van der Waals surface area contributed by atoms with Crippen LogP contribution in [0, 0.1) is 0 Å². The first-order valence-corrected chi connectivity index (χ1v) is 7.88. The number of hydrogen-bond donors (Lipinski definition) is 1. The highest BCUT2D eigenvalue weighted by molar-refractivity contribution is 7.12. The van der Waals surface area contributed by atoms with Crippen LogP contribution in [-0.2, 0) is 6.42 Å². The fourth-order valence-corrected chi connectivity index (χ4v) is 3.55. The number of rotatable bonds is 4. The van der Waals surface area contributed by atoms with Crippen molar-refractivity contribution in [2.45, 2.75) is 19.4 Å². The van der Waals surface area contributed by atoms with Crippen LogP contribution < -0.4 is 4.74 Å². The molecule has 1 unspecified atom stereocenters. The van der Waals surface area contributed by atoms with Gasteiger partial charge in [0.25, 0.3) is 0 Å². The van der Waals surface area contributed by atoms with Crippen LogP contribution in [0.3, 0.4) is 0 Å². The van der Waals surface area contributed by atoms with E-state index in [4.69, 9.17) is 4.74 Å². The van der Waals surface area contributed by atoms with E-state index in [0.29, 0.717) is 0 Å². The molecule has 0 radical (unpaired) electrons. The third-order valence-corrected chi connectivity index (χ3v) is 5.01. The van der Waals surface area contributed by atoms with E-state index in [2.05, 4.69) is 13.0 Å². The molecule has 3 aromatic rings. The van der Waals surface area contributed by atoms with Crippen molar-refractivity contribution in [1.82, 2.24) is 0 Å². The molecule has 1 aromatic heterocycles. The van der Waals surface area contributed by atoms with Crippen molar-refractivity contribution >= 4 is 22.1 Å². The first-order valence-electron chi connectivity index (χ1n) is 7.07. The molecular weight excluding hydrogens is 280 g/mol. The van der Waals surface area contributed by atoms with Crippen molar-refractivity contribution in [1.29, 1.82) is 0 Å². The molecule has 3 rings (SSSR count).